The van der Waals surface area contributed by atoms with Gasteiger partial charge in [-0.1, -0.05) is 30.3 Å². The molecule has 4 rings (SSSR count). The average Bonchev–Trinajstić information content (AvgIpc) is 2.63. The number of fused-ring (bicyclic) bond motifs is 1. The zero-order chi connectivity index (χ0) is 16.4. The quantitative estimate of drug-likeness (QED) is 0.529. The van der Waals surface area contributed by atoms with Gasteiger partial charge in [-0.3, -0.25) is 0 Å². The Morgan fingerprint density at radius 1 is 0.792 bits per heavy atom. The molecule has 24 heavy (non-hydrogen) atoms. The van der Waals surface area contributed by atoms with Gasteiger partial charge in [-0.15, -0.1) is 0 Å². The fourth-order valence-electron chi connectivity index (χ4n) is 2.45. The molecule has 0 fully saturated rings. The van der Waals surface area contributed by atoms with Gasteiger partial charge in [0.05, 0.1) is 16.6 Å². The van der Waals surface area contributed by atoms with E-state index in [1.54, 1.807) is 12.1 Å². The van der Waals surface area contributed by atoms with Crippen LogP contribution in [0.15, 0.2) is 88.3 Å². The first kappa shape index (κ1) is 14.3. The average molecular weight is 316 g/mol. The van der Waals surface area contributed by atoms with E-state index in [4.69, 9.17) is 4.42 Å². The first-order valence-electron chi connectivity index (χ1n) is 7.55. The van der Waals surface area contributed by atoms with Gasteiger partial charge in [0.2, 0.25) is 11.4 Å². The summed E-state index contributed by atoms with van der Waals surface area (Å²) < 4.78 is 19.1. The van der Waals surface area contributed by atoms with Gasteiger partial charge in [-0.25, -0.2) is 14.4 Å². The molecule has 0 bridgehead atoms. The Labute approximate surface area is 137 Å². The summed E-state index contributed by atoms with van der Waals surface area (Å²) >= 11 is 0. The Bertz CT molecular complexity index is 1050. The fraction of sp³-hybridized carbons (Fsp3) is 0. The molecule has 0 radical (unpaired) electrons. The molecule has 0 amide bonds. The predicted molar refractivity (Wildman–Crippen MR) is 91.1 cm³/mol. The molecule has 3 nitrogen and oxygen atoms in total. The number of hydrogen-bond donors (Lipinski definition) is 0. The smallest absolute Gasteiger partial charge is 0.231 e. The number of nitrogens with zero attached hydrogens (tertiary/aromatic N) is 2. The Balaban J connectivity index is 1.98. The number of benzene rings is 3. The molecule has 0 spiro atoms. The van der Waals surface area contributed by atoms with Crippen LogP contribution in [0, 0.1) is 5.82 Å². The molecule has 0 aliphatic heterocycles. The van der Waals surface area contributed by atoms with E-state index in [-0.39, 0.29) is 5.82 Å². The first-order valence-corrected chi connectivity index (χ1v) is 7.55. The van der Waals surface area contributed by atoms with Crippen molar-refractivity contribution in [1.29, 1.82) is 0 Å². The van der Waals surface area contributed by atoms with Gasteiger partial charge >= 0.3 is 0 Å². The minimum atomic E-state index is -0.297. The zero-order valence-electron chi connectivity index (χ0n) is 12.7. The number of hydrogen-bond acceptors (Lipinski definition) is 3. The van der Waals surface area contributed by atoms with Gasteiger partial charge in [0, 0.05) is 5.56 Å². The molecule has 0 unspecified atom stereocenters. The molecule has 0 atom stereocenters. The molecule has 0 aliphatic carbocycles. The second kappa shape index (κ2) is 6.08. The third-order valence-corrected chi connectivity index (χ3v) is 3.63. The summed E-state index contributed by atoms with van der Waals surface area (Å²) in [5.41, 5.74) is 2.75. The van der Waals surface area contributed by atoms with Crippen LogP contribution in [-0.4, -0.2) is 4.98 Å². The van der Waals surface area contributed by atoms with Gasteiger partial charge in [0.1, 0.15) is 5.82 Å². The minimum Gasteiger partial charge on any atom is -0.419 e. The Hall–Kier alpha value is -3.27. The van der Waals surface area contributed by atoms with Gasteiger partial charge in [-0.2, -0.15) is 0 Å². The highest BCUT2D eigenvalue weighted by atomic mass is 19.1. The molecule has 4 aromatic rings. The summed E-state index contributed by atoms with van der Waals surface area (Å²) in [5, 5.41) is 0.826. The maximum atomic E-state index is 13.2. The Morgan fingerprint density at radius 3 is 2.29 bits per heavy atom. The van der Waals surface area contributed by atoms with Crippen LogP contribution < -0.4 is 5.55 Å². The molecule has 0 saturated heterocycles. The lowest BCUT2D eigenvalue weighted by Crippen LogP contribution is -2.05. The van der Waals surface area contributed by atoms with Crippen LogP contribution in [0.5, 0.6) is 0 Å². The largest absolute Gasteiger partial charge is 0.419 e. The van der Waals surface area contributed by atoms with Crippen molar-refractivity contribution in [3.05, 3.63) is 90.2 Å². The van der Waals surface area contributed by atoms with E-state index >= 15 is 0 Å². The van der Waals surface area contributed by atoms with Gasteiger partial charge in [0.25, 0.3) is 0 Å². The fourth-order valence-corrected chi connectivity index (χ4v) is 2.45. The predicted octanol–water partition coefficient (Wildman–Crippen LogP) is 4.87. The van der Waals surface area contributed by atoms with Gasteiger partial charge < -0.3 is 4.42 Å². The standard InChI is InChI=1S/C20H13FN2O/c21-15-12-10-14(11-13-15)19-23-18-9-5-4-8-17(18)20(24-19)22-16-6-2-1-3-7-16/h1-13H. The van der Waals surface area contributed by atoms with Crippen LogP contribution in [0.25, 0.3) is 22.4 Å². The molecular formula is C20H13FN2O. The van der Waals surface area contributed by atoms with E-state index in [9.17, 15) is 4.39 Å². The van der Waals surface area contributed by atoms with E-state index in [1.165, 1.54) is 12.1 Å². The van der Waals surface area contributed by atoms with Gasteiger partial charge in [-0.05, 0) is 48.5 Å². The van der Waals surface area contributed by atoms with E-state index in [2.05, 4.69) is 9.98 Å². The molecule has 116 valence electrons. The number of rotatable bonds is 2. The van der Waals surface area contributed by atoms with E-state index < -0.39 is 0 Å². The lowest BCUT2D eigenvalue weighted by atomic mass is 10.2. The zero-order valence-corrected chi connectivity index (χ0v) is 12.7. The van der Waals surface area contributed by atoms with Crippen molar-refractivity contribution in [3.8, 4) is 11.5 Å². The molecule has 3 aromatic carbocycles. The second-order valence-electron chi connectivity index (χ2n) is 5.30. The van der Waals surface area contributed by atoms with E-state index in [1.807, 2.05) is 54.6 Å². The molecule has 1 heterocycles. The summed E-state index contributed by atoms with van der Waals surface area (Å²) in [6, 6.07) is 23.3. The summed E-state index contributed by atoms with van der Waals surface area (Å²) in [4.78, 5) is 9.12. The highest BCUT2D eigenvalue weighted by Gasteiger charge is 2.07. The van der Waals surface area contributed by atoms with E-state index in [0.29, 0.717) is 17.0 Å². The third-order valence-electron chi connectivity index (χ3n) is 3.63. The lowest BCUT2D eigenvalue weighted by Gasteiger charge is -2.03. The summed E-state index contributed by atoms with van der Waals surface area (Å²) in [7, 11) is 0. The summed E-state index contributed by atoms with van der Waals surface area (Å²) in [6.07, 6.45) is 0. The lowest BCUT2D eigenvalue weighted by molar-refractivity contribution is 0.505. The van der Waals surface area contributed by atoms with Crippen molar-refractivity contribution in [1.82, 2.24) is 4.98 Å². The van der Waals surface area contributed by atoms with Crippen molar-refractivity contribution >= 4 is 16.6 Å². The number of aromatic nitrogens is 1. The van der Waals surface area contributed by atoms with Crippen LogP contribution in [0.3, 0.4) is 0 Å². The van der Waals surface area contributed by atoms with Crippen molar-refractivity contribution in [2.75, 3.05) is 0 Å². The normalized spacial score (nSPS) is 11.8. The highest BCUT2D eigenvalue weighted by molar-refractivity contribution is 5.78. The first-order chi connectivity index (χ1) is 11.8. The van der Waals surface area contributed by atoms with Crippen molar-refractivity contribution in [2.24, 2.45) is 4.99 Å². The summed E-state index contributed by atoms with van der Waals surface area (Å²) in [6.45, 7) is 0. The molecule has 0 saturated carbocycles. The minimum absolute atomic E-state index is 0.297. The summed E-state index contributed by atoms with van der Waals surface area (Å²) in [5.74, 6) is 0.108. The van der Waals surface area contributed by atoms with Crippen LogP contribution >= 0.6 is 0 Å². The topological polar surface area (TPSA) is 38.4 Å². The molecule has 1 aromatic heterocycles. The molecular weight excluding hydrogens is 303 g/mol. The number of para-hydroxylation sites is 2. The monoisotopic (exact) mass is 316 g/mol. The third kappa shape index (κ3) is 2.82. The van der Waals surface area contributed by atoms with Crippen LogP contribution in [-0.2, 0) is 0 Å². The highest BCUT2D eigenvalue weighted by Crippen LogP contribution is 2.19. The molecule has 0 aliphatic rings. The maximum absolute atomic E-state index is 13.2. The second-order valence-corrected chi connectivity index (χ2v) is 5.30. The van der Waals surface area contributed by atoms with Crippen LogP contribution in [0.1, 0.15) is 0 Å². The SMILES string of the molecule is Fc1ccc(-c2nc3ccccc3c(=Nc3ccccc3)o2)cc1. The number of halogens is 1. The van der Waals surface area contributed by atoms with Crippen LogP contribution in [0.4, 0.5) is 10.1 Å². The van der Waals surface area contributed by atoms with Crippen molar-refractivity contribution in [2.45, 2.75) is 0 Å². The molecule has 0 N–H and O–H groups in total. The van der Waals surface area contributed by atoms with Crippen LogP contribution in [0.2, 0.25) is 0 Å². The molecule has 4 heteroatoms. The maximum Gasteiger partial charge on any atom is 0.231 e. The van der Waals surface area contributed by atoms with Crippen molar-refractivity contribution in [3.63, 3.8) is 0 Å². The Morgan fingerprint density at radius 2 is 1.50 bits per heavy atom. The Kier molecular flexibility index (Phi) is 3.63. The van der Waals surface area contributed by atoms with Crippen molar-refractivity contribution < 1.29 is 8.81 Å². The van der Waals surface area contributed by atoms with Gasteiger partial charge in [0.15, 0.2) is 0 Å². The van der Waals surface area contributed by atoms with E-state index in [0.717, 1.165) is 16.6 Å².